The molecule has 0 spiro atoms. The number of hydrogen-bond donors (Lipinski definition) is 0. The fourth-order valence-electron chi connectivity index (χ4n) is 3.73. The van der Waals surface area contributed by atoms with Crippen molar-refractivity contribution in [3.63, 3.8) is 0 Å². The zero-order valence-corrected chi connectivity index (χ0v) is 16.3. The molecule has 0 N–H and O–H groups in total. The monoisotopic (exact) mass is 402 g/mol. The normalized spacial score (nSPS) is 27.6. The van der Waals surface area contributed by atoms with Crippen LogP contribution in [0.2, 0.25) is 0 Å². The van der Waals surface area contributed by atoms with Gasteiger partial charge < -0.3 is 23.7 Å². The first-order chi connectivity index (χ1) is 13.8. The molecule has 4 atom stereocenters. The van der Waals surface area contributed by atoms with Gasteiger partial charge in [-0.25, -0.2) is 4.79 Å². The smallest absolute Gasteiger partial charge is 0.333 e. The number of benzene rings is 1. The van der Waals surface area contributed by atoms with E-state index in [0.29, 0.717) is 12.0 Å². The predicted molar refractivity (Wildman–Crippen MR) is 101 cm³/mol. The minimum Gasteiger partial charge on any atom is -0.497 e. The molecule has 154 valence electrons. The fourth-order valence-corrected chi connectivity index (χ4v) is 3.73. The van der Waals surface area contributed by atoms with Gasteiger partial charge in [0.25, 0.3) is 5.56 Å². The van der Waals surface area contributed by atoms with Gasteiger partial charge in [-0.2, -0.15) is 0 Å². The Kier molecular flexibility index (Phi) is 4.89. The molecular weight excluding hydrogens is 380 g/mol. The molecule has 2 aliphatic heterocycles. The molecule has 1 aromatic heterocycles. The molecular formula is C20H22N2O7. The Morgan fingerprint density at radius 2 is 1.79 bits per heavy atom. The SMILES string of the molecule is COc1ccc(Cn2c(=O)ccn([C@@H]3O[C@H](C=O)[C@@H]4OC(C)(C)OC43)c2=O)cc1. The van der Waals surface area contributed by atoms with Gasteiger partial charge >= 0.3 is 5.69 Å². The number of aldehydes is 1. The summed E-state index contributed by atoms with van der Waals surface area (Å²) in [6, 6.07) is 8.37. The lowest BCUT2D eigenvalue weighted by atomic mass is 10.1. The number of nitrogens with zero attached hydrogens (tertiary/aromatic N) is 2. The zero-order chi connectivity index (χ0) is 20.8. The first-order valence-electron chi connectivity index (χ1n) is 9.24. The molecule has 0 bridgehead atoms. The number of rotatable bonds is 5. The Morgan fingerprint density at radius 1 is 1.10 bits per heavy atom. The van der Waals surface area contributed by atoms with E-state index in [1.165, 1.54) is 16.8 Å². The van der Waals surface area contributed by atoms with Crippen molar-refractivity contribution < 1.29 is 23.7 Å². The number of hydrogen-bond acceptors (Lipinski definition) is 7. The van der Waals surface area contributed by atoms with Gasteiger partial charge in [0.05, 0.1) is 13.7 Å². The molecule has 4 rings (SSSR count). The van der Waals surface area contributed by atoms with Gasteiger partial charge in [-0.05, 0) is 31.5 Å². The summed E-state index contributed by atoms with van der Waals surface area (Å²) in [5.74, 6) is -0.224. The van der Waals surface area contributed by atoms with Crippen LogP contribution < -0.4 is 16.0 Å². The average Bonchev–Trinajstić information content (AvgIpc) is 3.18. The number of ether oxygens (including phenoxy) is 4. The quantitative estimate of drug-likeness (QED) is 0.679. The highest BCUT2D eigenvalue weighted by Gasteiger charge is 2.56. The summed E-state index contributed by atoms with van der Waals surface area (Å²) in [7, 11) is 1.56. The molecule has 0 amide bonds. The molecule has 0 aliphatic carbocycles. The maximum Gasteiger partial charge on any atom is 0.333 e. The lowest BCUT2D eigenvalue weighted by Crippen LogP contribution is -2.43. The molecule has 0 saturated carbocycles. The lowest BCUT2D eigenvalue weighted by Gasteiger charge is -2.24. The van der Waals surface area contributed by atoms with E-state index in [0.717, 1.165) is 10.1 Å². The lowest BCUT2D eigenvalue weighted by molar-refractivity contribution is -0.195. The van der Waals surface area contributed by atoms with Crippen molar-refractivity contribution in [1.29, 1.82) is 0 Å². The van der Waals surface area contributed by atoms with Crippen LogP contribution >= 0.6 is 0 Å². The number of methoxy groups -OCH3 is 1. The van der Waals surface area contributed by atoms with Crippen LogP contribution in [-0.4, -0.2) is 46.6 Å². The Balaban J connectivity index is 1.68. The molecule has 29 heavy (non-hydrogen) atoms. The first kappa shape index (κ1) is 19.6. The van der Waals surface area contributed by atoms with Gasteiger partial charge in [-0.15, -0.1) is 0 Å². The maximum atomic E-state index is 13.1. The molecule has 3 heterocycles. The third-order valence-electron chi connectivity index (χ3n) is 5.07. The van der Waals surface area contributed by atoms with Crippen LogP contribution in [0.25, 0.3) is 0 Å². The van der Waals surface area contributed by atoms with Gasteiger partial charge in [0.1, 0.15) is 24.1 Å². The van der Waals surface area contributed by atoms with Gasteiger partial charge in [0.15, 0.2) is 18.3 Å². The average molecular weight is 402 g/mol. The number of aromatic nitrogens is 2. The van der Waals surface area contributed by atoms with Crippen molar-refractivity contribution in [3.05, 3.63) is 62.9 Å². The zero-order valence-electron chi connectivity index (χ0n) is 16.3. The number of carbonyl (C=O) groups excluding carboxylic acids is 1. The summed E-state index contributed by atoms with van der Waals surface area (Å²) in [4.78, 5) is 36.9. The molecule has 1 unspecified atom stereocenters. The van der Waals surface area contributed by atoms with E-state index in [2.05, 4.69) is 0 Å². The van der Waals surface area contributed by atoms with Gasteiger partial charge in [-0.1, -0.05) is 12.1 Å². The molecule has 9 nitrogen and oxygen atoms in total. The van der Waals surface area contributed by atoms with Crippen LogP contribution in [0.15, 0.2) is 46.1 Å². The third kappa shape index (κ3) is 3.52. The van der Waals surface area contributed by atoms with Gasteiger partial charge in [0, 0.05) is 12.3 Å². The Hall–Kier alpha value is -2.75. The van der Waals surface area contributed by atoms with E-state index in [1.54, 1.807) is 45.2 Å². The summed E-state index contributed by atoms with van der Waals surface area (Å²) < 4.78 is 24.9. The van der Waals surface area contributed by atoms with Gasteiger partial charge in [0.2, 0.25) is 0 Å². The summed E-state index contributed by atoms with van der Waals surface area (Å²) >= 11 is 0. The molecule has 1 aromatic carbocycles. The highest BCUT2D eigenvalue weighted by molar-refractivity contribution is 5.58. The van der Waals surface area contributed by atoms with Crippen molar-refractivity contribution in [1.82, 2.24) is 9.13 Å². The standard InChI is InChI=1S/C20H22N2O7/c1-20(2)28-16-14(11-23)27-18(17(16)29-20)21-9-8-15(24)22(19(21)25)10-12-4-6-13(26-3)7-5-12/h4-9,11,14,16-18H,10H2,1-3H3/t14-,16+,17?,18-/m1/s1. The molecule has 2 aromatic rings. The van der Waals surface area contributed by atoms with Crippen molar-refractivity contribution in [2.75, 3.05) is 7.11 Å². The minimum atomic E-state index is -0.903. The van der Waals surface area contributed by atoms with Crippen LogP contribution in [0.4, 0.5) is 0 Å². The third-order valence-corrected chi connectivity index (χ3v) is 5.07. The van der Waals surface area contributed by atoms with Crippen molar-refractivity contribution in [2.45, 2.75) is 50.7 Å². The number of fused-ring (bicyclic) bond motifs is 1. The number of carbonyl (C=O) groups is 1. The van der Waals surface area contributed by atoms with Crippen LogP contribution in [0.3, 0.4) is 0 Å². The topological polar surface area (TPSA) is 98.0 Å². The molecule has 2 fully saturated rings. The second kappa shape index (κ2) is 7.25. The second-order valence-corrected chi connectivity index (χ2v) is 7.47. The van der Waals surface area contributed by atoms with E-state index >= 15 is 0 Å². The van der Waals surface area contributed by atoms with E-state index in [-0.39, 0.29) is 6.54 Å². The minimum absolute atomic E-state index is 0.0866. The Morgan fingerprint density at radius 3 is 2.45 bits per heavy atom. The Labute approximate surface area is 166 Å². The molecule has 2 aliphatic rings. The second-order valence-electron chi connectivity index (χ2n) is 7.47. The van der Waals surface area contributed by atoms with Crippen molar-refractivity contribution in [2.24, 2.45) is 0 Å². The largest absolute Gasteiger partial charge is 0.497 e. The maximum absolute atomic E-state index is 13.1. The molecule has 9 heteroatoms. The fraction of sp³-hybridized carbons (Fsp3) is 0.450. The van der Waals surface area contributed by atoms with E-state index < -0.39 is 41.6 Å². The van der Waals surface area contributed by atoms with E-state index in [4.69, 9.17) is 18.9 Å². The van der Waals surface area contributed by atoms with E-state index in [1.807, 2.05) is 0 Å². The highest BCUT2D eigenvalue weighted by atomic mass is 16.8. The van der Waals surface area contributed by atoms with Gasteiger partial charge in [-0.3, -0.25) is 13.9 Å². The van der Waals surface area contributed by atoms with Crippen LogP contribution in [0.1, 0.15) is 25.6 Å². The summed E-state index contributed by atoms with van der Waals surface area (Å²) in [5, 5.41) is 0. The summed E-state index contributed by atoms with van der Waals surface area (Å²) in [6.07, 6.45) is -1.02. The summed E-state index contributed by atoms with van der Waals surface area (Å²) in [5.41, 5.74) is -0.232. The Bertz CT molecular complexity index is 1020. The highest BCUT2D eigenvalue weighted by Crippen LogP contribution is 2.41. The molecule has 0 radical (unpaired) electrons. The summed E-state index contributed by atoms with van der Waals surface area (Å²) in [6.45, 7) is 3.55. The van der Waals surface area contributed by atoms with E-state index in [9.17, 15) is 14.4 Å². The van der Waals surface area contributed by atoms with Crippen LogP contribution in [-0.2, 0) is 25.5 Å². The van der Waals surface area contributed by atoms with Crippen molar-refractivity contribution >= 4 is 6.29 Å². The van der Waals surface area contributed by atoms with Crippen LogP contribution in [0.5, 0.6) is 5.75 Å². The molecule has 2 saturated heterocycles. The van der Waals surface area contributed by atoms with Crippen LogP contribution in [0, 0.1) is 0 Å². The first-order valence-corrected chi connectivity index (χ1v) is 9.24. The van der Waals surface area contributed by atoms with Crippen molar-refractivity contribution in [3.8, 4) is 5.75 Å². The predicted octanol–water partition coefficient (Wildman–Crippen LogP) is 0.683.